The zero-order valence-corrected chi connectivity index (χ0v) is 12.5. The number of nitrogens with one attached hydrogen (secondary N) is 1. The van der Waals surface area contributed by atoms with Gasteiger partial charge in [-0.15, -0.1) is 0 Å². The molecule has 0 atom stereocenters. The Morgan fingerprint density at radius 2 is 1.71 bits per heavy atom. The van der Waals surface area contributed by atoms with Crippen LogP contribution in [0.25, 0.3) is 0 Å². The maximum atomic E-state index is 11.9. The van der Waals surface area contributed by atoms with Crippen LogP contribution in [0.3, 0.4) is 0 Å². The lowest BCUT2D eigenvalue weighted by Gasteiger charge is -2.24. The molecule has 1 N–H and O–H groups in total. The molecule has 1 aliphatic carbocycles. The van der Waals surface area contributed by atoms with E-state index in [1.165, 1.54) is 25.7 Å². The van der Waals surface area contributed by atoms with Crippen LogP contribution < -0.4 is 5.32 Å². The predicted molar refractivity (Wildman–Crippen MR) is 73.0 cm³/mol. The van der Waals surface area contributed by atoms with Crippen molar-refractivity contribution >= 4 is 9.84 Å². The van der Waals surface area contributed by atoms with Gasteiger partial charge in [-0.3, -0.25) is 0 Å². The molecule has 0 spiro atoms. The Morgan fingerprint density at radius 1 is 1.18 bits per heavy atom. The lowest BCUT2D eigenvalue weighted by atomic mass is 9.89. The lowest BCUT2D eigenvalue weighted by Crippen LogP contribution is -2.37. The predicted octanol–water partition coefficient (Wildman–Crippen LogP) is 2.37. The van der Waals surface area contributed by atoms with E-state index >= 15 is 0 Å². The average molecular weight is 261 g/mol. The van der Waals surface area contributed by atoms with Crippen LogP contribution in [-0.2, 0) is 9.84 Å². The van der Waals surface area contributed by atoms with Crippen LogP contribution in [0, 0.1) is 5.41 Å². The van der Waals surface area contributed by atoms with Gasteiger partial charge in [-0.2, -0.15) is 0 Å². The Morgan fingerprint density at radius 3 is 2.18 bits per heavy atom. The van der Waals surface area contributed by atoms with Crippen molar-refractivity contribution in [3.63, 3.8) is 0 Å². The molecule has 4 heteroatoms. The van der Waals surface area contributed by atoms with Crippen LogP contribution in [-0.4, -0.2) is 32.0 Å². The van der Waals surface area contributed by atoms with Gasteiger partial charge in [0.25, 0.3) is 0 Å². The number of sulfone groups is 1. The second-order valence-corrected chi connectivity index (χ2v) is 9.49. The maximum absolute atomic E-state index is 11.9. The van der Waals surface area contributed by atoms with Crippen LogP contribution >= 0.6 is 0 Å². The monoisotopic (exact) mass is 261 g/mol. The number of hydrogen-bond donors (Lipinski definition) is 1. The molecular weight excluding hydrogens is 234 g/mol. The summed E-state index contributed by atoms with van der Waals surface area (Å²) in [6.45, 7) is 9.12. The highest BCUT2D eigenvalue weighted by Crippen LogP contribution is 2.36. The molecule has 1 fully saturated rings. The summed E-state index contributed by atoms with van der Waals surface area (Å²) in [6.07, 6.45) is 5.18. The fourth-order valence-corrected chi connectivity index (χ4v) is 3.33. The smallest absolute Gasteiger partial charge is 0.156 e. The van der Waals surface area contributed by atoms with E-state index in [2.05, 4.69) is 12.2 Å². The van der Waals surface area contributed by atoms with Gasteiger partial charge >= 0.3 is 0 Å². The molecular formula is C13H27NO2S. The van der Waals surface area contributed by atoms with Crippen molar-refractivity contribution in [2.75, 3.05) is 18.8 Å². The molecule has 0 unspecified atom stereocenters. The Balaban J connectivity index is 2.29. The van der Waals surface area contributed by atoms with Gasteiger partial charge in [0.15, 0.2) is 9.84 Å². The lowest BCUT2D eigenvalue weighted by molar-refractivity contribution is 0.318. The van der Waals surface area contributed by atoms with Crippen molar-refractivity contribution in [2.45, 2.75) is 58.1 Å². The molecule has 1 rings (SSSR count). The summed E-state index contributed by atoms with van der Waals surface area (Å²) >= 11 is 0. The van der Waals surface area contributed by atoms with Gasteiger partial charge in [0.05, 0.1) is 10.5 Å². The molecule has 3 nitrogen and oxygen atoms in total. The molecule has 0 radical (unpaired) electrons. The zero-order valence-electron chi connectivity index (χ0n) is 11.7. The highest BCUT2D eigenvalue weighted by atomic mass is 32.2. The fraction of sp³-hybridized carbons (Fsp3) is 1.00. The molecule has 0 amide bonds. The maximum Gasteiger partial charge on any atom is 0.156 e. The van der Waals surface area contributed by atoms with E-state index in [0.717, 1.165) is 6.54 Å². The third kappa shape index (κ3) is 4.25. The Hall–Kier alpha value is -0.0900. The largest absolute Gasteiger partial charge is 0.315 e. The SMILES string of the molecule is CC1(CNCCS(=O)(=O)C(C)(C)C)CCCC1. The first-order valence-electron chi connectivity index (χ1n) is 6.59. The minimum absolute atomic E-state index is 0.243. The summed E-state index contributed by atoms with van der Waals surface area (Å²) in [5.41, 5.74) is 0.394. The van der Waals surface area contributed by atoms with Crippen molar-refractivity contribution < 1.29 is 8.42 Å². The van der Waals surface area contributed by atoms with Crippen LogP contribution in [0.4, 0.5) is 0 Å². The first-order valence-corrected chi connectivity index (χ1v) is 8.25. The normalized spacial score (nSPS) is 20.7. The van der Waals surface area contributed by atoms with Crippen LogP contribution in [0.5, 0.6) is 0 Å². The molecule has 0 bridgehead atoms. The first-order chi connectivity index (χ1) is 7.66. The molecule has 0 aliphatic heterocycles. The van der Waals surface area contributed by atoms with Gasteiger partial charge < -0.3 is 5.32 Å². The summed E-state index contributed by atoms with van der Waals surface area (Å²) in [4.78, 5) is 0. The topological polar surface area (TPSA) is 46.2 Å². The average Bonchev–Trinajstić information content (AvgIpc) is 2.59. The van der Waals surface area contributed by atoms with E-state index in [1.54, 1.807) is 20.8 Å². The van der Waals surface area contributed by atoms with Gasteiger partial charge in [0.1, 0.15) is 0 Å². The van der Waals surface area contributed by atoms with E-state index in [1.807, 2.05) is 0 Å². The summed E-state index contributed by atoms with van der Waals surface area (Å²) in [6, 6.07) is 0. The van der Waals surface area contributed by atoms with Crippen molar-refractivity contribution in [3.8, 4) is 0 Å². The Bertz CT molecular complexity index is 335. The second kappa shape index (κ2) is 5.27. The van der Waals surface area contributed by atoms with Gasteiger partial charge in [0.2, 0.25) is 0 Å². The molecule has 0 heterocycles. The summed E-state index contributed by atoms with van der Waals surface area (Å²) in [5.74, 6) is 0.243. The molecule has 102 valence electrons. The van der Waals surface area contributed by atoms with E-state index in [-0.39, 0.29) is 5.75 Å². The van der Waals surface area contributed by atoms with Crippen molar-refractivity contribution in [1.82, 2.24) is 5.32 Å². The van der Waals surface area contributed by atoms with Gasteiger partial charge in [0, 0.05) is 13.1 Å². The second-order valence-electron chi connectivity index (χ2n) is 6.63. The molecule has 1 saturated carbocycles. The van der Waals surface area contributed by atoms with Crippen LogP contribution in [0.2, 0.25) is 0 Å². The summed E-state index contributed by atoms with van der Waals surface area (Å²) in [5, 5.41) is 3.32. The zero-order chi connectivity index (χ0) is 13.2. The third-order valence-corrected chi connectivity index (χ3v) is 6.45. The minimum Gasteiger partial charge on any atom is -0.315 e. The van der Waals surface area contributed by atoms with E-state index in [4.69, 9.17) is 0 Å². The molecule has 0 saturated heterocycles. The van der Waals surface area contributed by atoms with Crippen molar-refractivity contribution in [2.24, 2.45) is 5.41 Å². The molecule has 1 aliphatic rings. The van der Waals surface area contributed by atoms with E-state index in [0.29, 0.717) is 12.0 Å². The first kappa shape index (κ1) is 15.0. The molecule has 17 heavy (non-hydrogen) atoms. The van der Waals surface area contributed by atoms with Gasteiger partial charge in [-0.25, -0.2) is 8.42 Å². The quantitative estimate of drug-likeness (QED) is 0.773. The highest BCUT2D eigenvalue weighted by Gasteiger charge is 2.30. The molecule has 0 aromatic heterocycles. The van der Waals surface area contributed by atoms with E-state index < -0.39 is 14.6 Å². The molecule has 0 aromatic rings. The number of hydrogen-bond acceptors (Lipinski definition) is 3. The Kier molecular flexibility index (Phi) is 4.64. The van der Waals surface area contributed by atoms with Crippen LogP contribution in [0.1, 0.15) is 53.4 Å². The standard InChI is InChI=1S/C13H27NO2S/c1-12(2,3)17(15,16)10-9-14-11-13(4)7-5-6-8-13/h14H,5-11H2,1-4H3. The van der Waals surface area contributed by atoms with Crippen molar-refractivity contribution in [3.05, 3.63) is 0 Å². The third-order valence-electron chi connectivity index (χ3n) is 3.84. The summed E-state index contributed by atoms with van der Waals surface area (Å²) in [7, 11) is -2.98. The van der Waals surface area contributed by atoms with Crippen molar-refractivity contribution in [1.29, 1.82) is 0 Å². The minimum atomic E-state index is -2.98. The van der Waals surface area contributed by atoms with Gasteiger partial charge in [-0.1, -0.05) is 19.8 Å². The van der Waals surface area contributed by atoms with Gasteiger partial charge in [-0.05, 0) is 39.0 Å². The fourth-order valence-electron chi connectivity index (χ4n) is 2.31. The Labute approximate surface area is 106 Å². The summed E-state index contributed by atoms with van der Waals surface area (Å²) < 4.78 is 23.1. The van der Waals surface area contributed by atoms with E-state index in [9.17, 15) is 8.42 Å². The van der Waals surface area contributed by atoms with Crippen LogP contribution in [0.15, 0.2) is 0 Å². The highest BCUT2D eigenvalue weighted by molar-refractivity contribution is 7.92. The molecule has 0 aromatic carbocycles. The number of rotatable bonds is 5.